The lowest BCUT2D eigenvalue weighted by atomic mass is 10.4. The maximum absolute atomic E-state index is 11.0. The summed E-state index contributed by atoms with van der Waals surface area (Å²) in [6.45, 7) is 1.69. The van der Waals surface area contributed by atoms with Crippen LogP contribution in [0.3, 0.4) is 0 Å². The number of hydrogen-bond donors (Lipinski definition) is 1. The first kappa shape index (κ1) is 12.1. The van der Waals surface area contributed by atoms with Crippen molar-refractivity contribution in [3.63, 3.8) is 0 Å². The van der Waals surface area contributed by atoms with Crippen LogP contribution in [0.5, 0.6) is 0 Å². The summed E-state index contributed by atoms with van der Waals surface area (Å²) in [7, 11) is 0. The molecule has 8 heteroatoms. The molecular weight excluding hydrogens is 284 g/mol. The van der Waals surface area contributed by atoms with E-state index < -0.39 is 5.97 Å². The lowest BCUT2D eigenvalue weighted by molar-refractivity contribution is 0.0701. The molecule has 0 saturated heterocycles. The molecule has 0 saturated carbocycles. The molecule has 3 heterocycles. The van der Waals surface area contributed by atoms with Crippen LogP contribution in [-0.2, 0) is 0 Å². The van der Waals surface area contributed by atoms with Gasteiger partial charge in [-0.1, -0.05) is 11.3 Å². The van der Waals surface area contributed by atoms with Gasteiger partial charge in [0.25, 0.3) is 0 Å². The Hall–Kier alpha value is -1.93. The van der Waals surface area contributed by atoms with Crippen LogP contribution in [-0.4, -0.2) is 30.7 Å². The van der Waals surface area contributed by atoms with Gasteiger partial charge in [0.15, 0.2) is 9.99 Å². The van der Waals surface area contributed by atoms with Crippen molar-refractivity contribution in [3.05, 3.63) is 35.1 Å². The van der Waals surface area contributed by atoms with Crippen LogP contribution in [0.1, 0.15) is 15.4 Å². The Morgan fingerprint density at radius 1 is 1.42 bits per heavy atom. The second kappa shape index (κ2) is 4.63. The predicted molar refractivity (Wildman–Crippen MR) is 70.9 cm³/mol. The van der Waals surface area contributed by atoms with Gasteiger partial charge in [0, 0.05) is 12.3 Å². The smallest absolute Gasteiger partial charge is 0.347 e. The van der Waals surface area contributed by atoms with Crippen molar-refractivity contribution in [1.29, 1.82) is 0 Å². The Balaban J connectivity index is 1.91. The second-order valence-electron chi connectivity index (χ2n) is 3.70. The number of carboxylic acid groups (broad SMARTS) is 1. The van der Waals surface area contributed by atoms with Crippen LogP contribution in [0.2, 0.25) is 0 Å². The van der Waals surface area contributed by atoms with Gasteiger partial charge in [-0.3, -0.25) is 0 Å². The van der Waals surface area contributed by atoms with Crippen LogP contribution in [0, 0.1) is 6.92 Å². The van der Waals surface area contributed by atoms with E-state index in [1.165, 1.54) is 11.8 Å². The molecule has 0 fully saturated rings. The average molecular weight is 292 g/mol. The van der Waals surface area contributed by atoms with Gasteiger partial charge in [0.1, 0.15) is 9.90 Å². The zero-order valence-electron chi connectivity index (χ0n) is 9.77. The first-order chi connectivity index (χ1) is 9.13. The van der Waals surface area contributed by atoms with Crippen molar-refractivity contribution in [2.75, 3.05) is 0 Å². The minimum Gasteiger partial charge on any atom is -0.477 e. The Bertz CT molecular complexity index is 765. The summed E-state index contributed by atoms with van der Waals surface area (Å²) in [5.74, 6) is -0.943. The van der Waals surface area contributed by atoms with E-state index >= 15 is 0 Å². The molecule has 6 nitrogen and oxygen atoms in total. The summed E-state index contributed by atoms with van der Waals surface area (Å²) < 4.78 is 2.34. The van der Waals surface area contributed by atoms with Crippen molar-refractivity contribution >= 4 is 34.7 Å². The number of rotatable bonds is 3. The van der Waals surface area contributed by atoms with E-state index in [-0.39, 0.29) is 4.88 Å². The van der Waals surface area contributed by atoms with Gasteiger partial charge in [-0.05, 0) is 24.8 Å². The molecule has 3 aromatic rings. The SMILES string of the molecule is Cc1nc(Sc2ccn3nccc3n2)sc1C(=O)O. The molecule has 0 atom stereocenters. The summed E-state index contributed by atoms with van der Waals surface area (Å²) >= 11 is 2.51. The quantitative estimate of drug-likeness (QED) is 0.746. The standard InChI is InChI=1S/C11H8N4O2S2/c1-6-9(10(16)17)19-11(13-6)18-8-3-5-15-7(14-8)2-4-12-15/h2-5H,1H3,(H,16,17). The maximum Gasteiger partial charge on any atom is 0.347 e. The van der Waals surface area contributed by atoms with Crippen molar-refractivity contribution in [1.82, 2.24) is 19.6 Å². The largest absolute Gasteiger partial charge is 0.477 e. The van der Waals surface area contributed by atoms with Gasteiger partial charge in [0.2, 0.25) is 0 Å². The summed E-state index contributed by atoms with van der Waals surface area (Å²) in [5.41, 5.74) is 1.28. The molecule has 0 aliphatic rings. The van der Waals surface area contributed by atoms with E-state index in [1.807, 2.05) is 12.3 Å². The van der Waals surface area contributed by atoms with Crippen LogP contribution in [0.15, 0.2) is 33.9 Å². The van der Waals surface area contributed by atoms with Gasteiger partial charge in [-0.15, -0.1) is 0 Å². The molecule has 0 amide bonds. The minimum absolute atomic E-state index is 0.271. The van der Waals surface area contributed by atoms with E-state index in [2.05, 4.69) is 15.1 Å². The van der Waals surface area contributed by atoms with Gasteiger partial charge >= 0.3 is 5.97 Å². The van der Waals surface area contributed by atoms with Crippen molar-refractivity contribution < 1.29 is 9.90 Å². The molecule has 1 N–H and O–H groups in total. The van der Waals surface area contributed by atoms with Crippen LogP contribution in [0.4, 0.5) is 0 Å². The molecule has 19 heavy (non-hydrogen) atoms. The number of carboxylic acids is 1. The first-order valence-corrected chi connectivity index (χ1v) is 6.96. The fourth-order valence-electron chi connectivity index (χ4n) is 1.56. The molecule has 3 aromatic heterocycles. The third-order valence-corrected chi connectivity index (χ3v) is 4.54. The lowest BCUT2D eigenvalue weighted by Gasteiger charge is -1.97. The number of thiazole rings is 1. The van der Waals surface area contributed by atoms with Crippen molar-refractivity contribution in [2.24, 2.45) is 0 Å². The first-order valence-electron chi connectivity index (χ1n) is 5.32. The Kier molecular flexibility index (Phi) is 2.96. The Morgan fingerprint density at radius 2 is 2.26 bits per heavy atom. The summed E-state index contributed by atoms with van der Waals surface area (Å²) in [5, 5.41) is 13.8. The number of nitrogens with zero attached hydrogens (tertiary/aromatic N) is 4. The third kappa shape index (κ3) is 2.32. The number of carbonyl (C=O) groups is 1. The van der Waals surface area contributed by atoms with Gasteiger partial charge < -0.3 is 5.11 Å². The van der Waals surface area contributed by atoms with Gasteiger partial charge in [-0.2, -0.15) is 5.10 Å². The maximum atomic E-state index is 11.0. The minimum atomic E-state index is -0.943. The van der Waals surface area contributed by atoms with E-state index in [0.29, 0.717) is 10.0 Å². The highest BCUT2D eigenvalue weighted by atomic mass is 32.2. The molecule has 96 valence electrons. The fraction of sp³-hybridized carbons (Fsp3) is 0.0909. The molecule has 0 bridgehead atoms. The summed E-state index contributed by atoms with van der Waals surface area (Å²) in [4.78, 5) is 19.9. The lowest BCUT2D eigenvalue weighted by Crippen LogP contribution is -1.94. The molecule has 0 spiro atoms. The van der Waals surface area contributed by atoms with Gasteiger partial charge in [0.05, 0.1) is 11.9 Å². The van der Waals surface area contributed by atoms with E-state index in [0.717, 1.165) is 22.0 Å². The summed E-state index contributed by atoms with van der Waals surface area (Å²) in [6.07, 6.45) is 3.48. The van der Waals surface area contributed by atoms with Crippen LogP contribution >= 0.6 is 23.1 Å². The average Bonchev–Trinajstić information content (AvgIpc) is 2.95. The third-order valence-electron chi connectivity index (χ3n) is 2.40. The number of fused-ring (bicyclic) bond motifs is 1. The monoisotopic (exact) mass is 292 g/mol. The second-order valence-corrected chi connectivity index (χ2v) is 5.97. The zero-order chi connectivity index (χ0) is 13.4. The van der Waals surface area contributed by atoms with Crippen molar-refractivity contribution in [3.8, 4) is 0 Å². The van der Waals surface area contributed by atoms with Crippen LogP contribution in [0.25, 0.3) is 5.65 Å². The molecule has 0 aliphatic heterocycles. The molecule has 3 rings (SSSR count). The zero-order valence-corrected chi connectivity index (χ0v) is 11.4. The fourth-order valence-corrected chi connectivity index (χ4v) is 3.50. The summed E-state index contributed by atoms with van der Waals surface area (Å²) in [6, 6.07) is 3.63. The number of aromatic carboxylic acids is 1. The highest BCUT2D eigenvalue weighted by Crippen LogP contribution is 2.31. The number of aromatic nitrogens is 4. The normalized spacial score (nSPS) is 11.0. The Labute approximate surface area is 116 Å². The molecule has 0 unspecified atom stereocenters. The topological polar surface area (TPSA) is 80.4 Å². The Morgan fingerprint density at radius 3 is 3.00 bits per heavy atom. The highest BCUT2D eigenvalue weighted by Gasteiger charge is 2.15. The van der Waals surface area contributed by atoms with Crippen molar-refractivity contribution in [2.45, 2.75) is 16.3 Å². The molecule has 0 aliphatic carbocycles. The highest BCUT2D eigenvalue weighted by molar-refractivity contribution is 8.01. The molecular formula is C11H8N4O2S2. The van der Waals surface area contributed by atoms with E-state index in [9.17, 15) is 4.79 Å². The number of aryl methyl sites for hydroxylation is 1. The van der Waals surface area contributed by atoms with E-state index in [4.69, 9.17) is 5.11 Å². The van der Waals surface area contributed by atoms with Gasteiger partial charge in [-0.25, -0.2) is 19.3 Å². The molecule has 0 aromatic carbocycles. The molecule has 0 radical (unpaired) electrons. The predicted octanol–water partition coefficient (Wildman–Crippen LogP) is 2.34. The number of hydrogen-bond acceptors (Lipinski definition) is 6. The van der Waals surface area contributed by atoms with Crippen LogP contribution < -0.4 is 0 Å². The van der Waals surface area contributed by atoms with E-state index in [1.54, 1.807) is 23.7 Å².